The first-order chi connectivity index (χ1) is 12.6. The molecule has 5 nitrogen and oxygen atoms in total. The van der Waals surface area contributed by atoms with Crippen molar-refractivity contribution in [3.05, 3.63) is 35.4 Å². The predicted octanol–water partition coefficient (Wildman–Crippen LogP) is 2.20. The summed E-state index contributed by atoms with van der Waals surface area (Å²) in [6, 6.07) is 7.42. The number of benzene rings is 1. The number of amides is 2. The Morgan fingerprint density at radius 3 is 2.50 bits per heavy atom. The maximum atomic E-state index is 12.3. The van der Waals surface area contributed by atoms with Crippen LogP contribution >= 0.6 is 11.8 Å². The van der Waals surface area contributed by atoms with Crippen molar-refractivity contribution in [1.82, 2.24) is 15.5 Å². The summed E-state index contributed by atoms with van der Waals surface area (Å²) in [5.74, 6) is 2.07. The molecule has 2 N–H and O–H groups in total. The summed E-state index contributed by atoms with van der Waals surface area (Å²) in [4.78, 5) is 27.1. The van der Waals surface area contributed by atoms with Gasteiger partial charge in [0.15, 0.2) is 0 Å². The lowest BCUT2D eigenvalue weighted by Gasteiger charge is -2.43. The fourth-order valence-corrected chi connectivity index (χ4v) is 4.99. The number of carbonyl (C=O) groups excluding carboxylic acids is 2. The average Bonchev–Trinajstić information content (AvgIpc) is 3.16. The van der Waals surface area contributed by atoms with E-state index in [0.717, 1.165) is 31.5 Å². The van der Waals surface area contributed by atoms with Gasteiger partial charge < -0.3 is 10.6 Å². The van der Waals surface area contributed by atoms with E-state index in [1.807, 2.05) is 36.9 Å². The predicted molar refractivity (Wildman–Crippen MR) is 107 cm³/mol. The molecule has 0 spiro atoms. The molecule has 1 saturated heterocycles. The molecule has 6 heteroatoms. The third-order valence-corrected chi connectivity index (χ3v) is 6.57. The highest BCUT2D eigenvalue weighted by Crippen LogP contribution is 2.36. The molecule has 1 aliphatic heterocycles. The zero-order valence-electron chi connectivity index (χ0n) is 15.6. The molecule has 142 valence electrons. The number of nitrogens with zero attached hydrogens (tertiary/aromatic N) is 1. The van der Waals surface area contributed by atoms with Crippen molar-refractivity contribution in [3.8, 4) is 0 Å². The molecule has 2 fully saturated rings. The zero-order valence-corrected chi connectivity index (χ0v) is 16.4. The highest BCUT2D eigenvalue weighted by molar-refractivity contribution is 7.99. The third kappa shape index (κ3) is 4.60. The molecule has 0 bridgehead atoms. The highest BCUT2D eigenvalue weighted by Gasteiger charge is 2.40. The molecule has 1 heterocycles. The molecule has 26 heavy (non-hydrogen) atoms. The summed E-state index contributed by atoms with van der Waals surface area (Å²) < 4.78 is 0. The monoisotopic (exact) mass is 375 g/mol. The smallest absolute Gasteiger partial charge is 0.251 e. The molecule has 0 unspecified atom stereocenters. The number of hydrogen-bond acceptors (Lipinski definition) is 4. The molecule has 1 aliphatic carbocycles. The van der Waals surface area contributed by atoms with Crippen LogP contribution in [-0.4, -0.2) is 59.9 Å². The molecular formula is C20H29N3O2S. The topological polar surface area (TPSA) is 61.4 Å². The summed E-state index contributed by atoms with van der Waals surface area (Å²) in [6.07, 6.45) is 4.80. The minimum atomic E-state index is -0.193. The van der Waals surface area contributed by atoms with Gasteiger partial charge in [0.1, 0.15) is 0 Å². The van der Waals surface area contributed by atoms with Gasteiger partial charge in [-0.3, -0.25) is 14.5 Å². The van der Waals surface area contributed by atoms with Gasteiger partial charge in [-0.15, -0.1) is 0 Å². The maximum absolute atomic E-state index is 12.3. The Morgan fingerprint density at radius 2 is 1.81 bits per heavy atom. The van der Waals surface area contributed by atoms with Gasteiger partial charge in [0, 0.05) is 42.2 Å². The number of nitrogens with one attached hydrogen (secondary N) is 2. The van der Waals surface area contributed by atoms with Crippen molar-refractivity contribution in [3.63, 3.8) is 0 Å². The van der Waals surface area contributed by atoms with Gasteiger partial charge in [-0.25, -0.2) is 0 Å². The molecule has 2 amide bonds. The van der Waals surface area contributed by atoms with Crippen LogP contribution in [0.15, 0.2) is 24.3 Å². The summed E-state index contributed by atoms with van der Waals surface area (Å²) in [5.41, 5.74) is 1.66. The Bertz CT molecular complexity index is 638. The molecule has 1 aromatic rings. The molecule has 0 aromatic heterocycles. The van der Waals surface area contributed by atoms with E-state index in [1.54, 1.807) is 6.07 Å². The fraction of sp³-hybridized carbons (Fsp3) is 0.600. The molecular weight excluding hydrogens is 346 g/mol. The number of carbonyl (C=O) groups is 2. The van der Waals surface area contributed by atoms with Crippen LogP contribution in [0.1, 0.15) is 41.6 Å². The standard InChI is InChI=1S/C20H29N3O2S/c1-16-6-2-3-7-17(16)19(25)21-14-18(24)22-15-20(8-4-5-9-20)23-10-12-26-13-11-23/h2-3,6-7H,4-5,8-15H2,1H3,(H,21,25)(H,22,24). The van der Waals surface area contributed by atoms with Crippen molar-refractivity contribution in [2.45, 2.75) is 38.1 Å². The SMILES string of the molecule is Cc1ccccc1C(=O)NCC(=O)NCC1(N2CCSCC2)CCCC1. The van der Waals surface area contributed by atoms with Gasteiger partial charge in [-0.2, -0.15) is 11.8 Å². The first-order valence-corrected chi connectivity index (χ1v) is 10.7. The normalized spacial score (nSPS) is 19.9. The van der Waals surface area contributed by atoms with Crippen LogP contribution in [0.5, 0.6) is 0 Å². The van der Waals surface area contributed by atoms with Gasteiger partial charge in [-0.05, 0) is 31.4 Å². The second-order valence-electron chi connectivity index (χ2n) is 7.31. The van der Waals surface area contributed by atoms with E-state index < -0.39 is 0 Å². The van der Waals surface area contributed by atoms with Gasteiger partial charge in [0.05, 0.1) is 6.54 Å². The lowest BCUT2D eigenvalue weighted by molar-refractivity contribution is -0.120. The van der Waals surface area contributed by atoms with E-state index in [9.17, 15) is 9.59 Å². The van der Waals surface area contributed by atoms with E-state index in [4.69, 9.17) is 0 Å². The Morgan fingerprint density at radius 1 is 1.12 bits per heavy atom. The first kappa shape index (κ1) is 19.2. The van der Waals surface area contributed by atoms with Crippen LogP contribution in [0.4, 0.5) is 0 Å². The van der Waals surface area contributed by atoms with Crippen LogP contribution in [-0.2, 0) is 4.79 Å². The van der Waals surface area contributed by atoms with Gasteiger partial charge >= 0.3 is 0 Å². The van der Waals surface area contributed by atoms with Crippen molar-refractivity contribution in [1.29, 1.82) is 0 Å². The fourth-order valence-electron chi connectivity index (χ4n) is 4.08. The summed E-state index contributed by atoms with van der Waals surface area (Å²) in [7, 11) is 0. The lowest BCUT2D eigenvalue weighted by Crippen LogP contribution is -2.57. The van der Waals surface area contributed by atoms with Crippen molar-refractivity contribution < 1.29 is 9.59 Å². The number of thioether (sulfide) groups is 1. The van der Waals surface area contributed by atoms with Crippen LogP contribution < -0.4 is 10.6 Å². The number of rotatable bonds is 6. The second-order valence-corrected chi connectivity index (χ2v) is 8.53. The van der Waals surface area contributed by atoms with Crippen LogP contribution in [0.2, 0.25) is 0 Å². The minimum Gasteiger partial charge on any atom is -0.353 e. The van der Waals surface area contributed by atoms with Crippen molar-refractivity contribution in [2.24, 2.45) is 0 Å². The lowest BCUT2D eigenvalue weighted by atomic mass is 9.94. The Hall–Kier alpha value is -1.53. The van der Waals surface area contributed by atoms with Crippen LogP contribution in [0.25, 0.3) is 0 Å². The van der Waals surface area contributed by atoms with E-state index in [-0.39, 0.29) is 23.9 Å². The maximum Gasteiger partial charge on any atom is 0.251 e. The van der Waals surface area contributed by atoms with E-state index in [0.29, 0.717) is 12.1 Å². The van der Waals surface area contributed by atoms with Gasteiger partial charge in [-0.1, -0.05) is 31.0 Å². The molecule has 3 rings (SSSR count). The Labute approximate surface area is 160 Å². The highest BCUT2D eigenvalue weighted by atomic mass is 32.2. The second kappa shape index (κ2) is 8.91. The van der Waals surface area contributed by atoms with Gasteiger partial charge in [0.2, 0.25) is 5.91 Å². The summed E-state index contributed by atoms with van der Waals surface area (Å²) in [5, 5.41) is 5.82. The van der Waals surface area contributed by atoms with E-state index in [2.05, 4.69) is 15.5 Å². The summed E-state index contributed by atoms with van der Waals surface area (Å²) >= 11 is 2.01. The number of aryl methyl sites for hydroxylation is 1. The quantitative estimate of drug-likeness (QED) is 0.800. The molecule has 2 aliphatic rings. The molecule has 0 radical (unpaired) electrons. The van der Waals surface area contributed by atoms with Gasteiger partial charge in [0.25, 0.3) is 5.91 Å². The van der Waals surface area contributed by atoms with E-state index >= 15 is 0 Å². The Balaban J connectivity index is 1.49. The zero-order chi connectivity index (χ0) is 18.4. The van der Waals surface area contributed by atoms with E-state index in [1.165, 1.54) is 24.3 Å². The Kier molecular flexibility index (Phi) is 6.59. The summed E-state index contributed by atoms with van der Waals surface area (Å²) in [6.45, 7) is 4.85. The molecule has 1 saturated carbocycles. The van der Waals surface area contributed by atoms with Crippen molar-refractivity contribution >= 4 is 23.6 Å². The largest absolute Gasteiger partial charge is 0.353 e. The average molecular weight is 376 g/mol. The molecule has 1 aromatic carbocycles. The molecule has 0 atom stereocenters. The van der Waals surface area contributed by atoms with Crippen molar-refractivity contribution in [2.75, 3.05) is 37.7 Å². The third-order valence-electron chi connectivity index (χ3n) is 5.63. The van der Waals surface area contributed by atoms with Crippen LogP contribution in [0.3, 0.4) is 0 Å². The first-order valence-electron chi connectivity index (χ1n) is 9.54. The van der Waals surface area contributed by atoms with Crippen LogP contribution in [0, 0.1) is 6.92 Å². The number of hydrogen-bond donors (Lipinski definition) is 2. The minimum absolute atomic E-state index is 0.0269.